The van der Waals surface area contributed by atoms with Gasteiger partial charge in [-0.2, -0.15) is 0 Å². The van der Waals surface area contributed by atoms with E-state index in [2.05, 4.69) is 22.1 Å². The number of benzene rings is 1. The molecule has 120 valence electrons. The van der Waals surface area contributed by atoms with Gasteiger partial charge < -0.3 is 9.80 Å². The van der Waals surface area contributed by atoms with Crippen molar-refractivity contribution in [3.8, 4) is 0 Å². The van der Waals surface area contributed by atoms with Crippen molar-refractivity contribution in [2.45, 2.75) is 18.6 Å². The highest BCUT2D eigenvalue weighted by Gasteiger charge is 2.25. The van der Waals surface area contributed by atoms with E-state index in [0.717, 1.165) is 28.8 Å². The van der Waals surface area contributed by atoms with E-state index < -0.39 is 0 Å². The van der Waals surface area contributed by atoms with Crippen LogP contribution in [0.2, 0.25) is 0 Å². The fourth-order valence-electron chi connectivity index (χ4n) is 2.65. The molecule has 1 aromatic carbocycles. The Morgan fingerprint density at radius 2 is 1.96 bits per heavy atom. The van der Waals surface area contributed by atoms with E-state index in [1.165, 1.54) is 11.8 Å². The Bertz CT molecular complexity index is 692. The number of carbonyl (C=O) groups is 1. The van der Waals surface area contributed by atoms with Crippen LogP contribution in [0.4, 0.5) is 5.82 Å². The third-order valence-electron chi connectivity index (χ3n) is 3.86. The first-order valence-electron chi connectivity index (χ1n) is 7.62. The molecule has 3 rings (SSSR count). The average Bonchev–Trinajstić information content (AvgIpc) is 2.57. The maximum atomic E-state index is 12.5. The number of anilines is 1. The molecule has 1 aliphatic rings. The van der Waals surface area contributed by atoms with Crippen LogP contribution in [-0.4, -0.2) is 46.7 Å². The van der Waals surface area contributed by atoms with Gasteiger partial charge in [0.1, 0.15) is 5.82 Å². The molecule has 1 aromatic heterocycles. The summed E-state index contributed by atoms with van der Waals surface area (Å²) in [6.07, 6.45) is 1.96. The molecule has 0 unspecified atom stereocenters. The summed E-state index contributed by atoms with van der Waals surface area (Å²) in [6.45, 7) is 4.51. The zero-order valence-corrected chi connectivity index (χ0v) is 14.2. The average molecular weight is 328 g/mol. The van der Waals surface area contributed by atoms with Gasteiger partial charge in [-0.15, -0.1) is 0 Å². The summed E-state index contributed by atoms with van der Waals surface area (Å²) in [5, 5.41) is 0.749. The highest BCUT2D eigenvalue weighted by molar-refractivity contribution is 7.98. The largest absolute Gasteiger partial charge is 0.345 e. The van der Waals surface area contributed by atoms with Gasteiger partial charge in [0.05, 0.1) is 6.54 Å². The predicted octanol–water partition coefficient (Wildman–Crippen LogP) is 2.36. The fraction of sp³-hybridized carbons (Fsp3) is 0.353. The van der Waals surface area contributed by atoms with Crippen LogP contribution in [0.5, 0.6) is 0 Å². The highest BCUT2D eigenvalue weighted by atomic mass is 32.2. The van der Waals surface area contributed by atoms with Crippen LogP contribution < -0.4 is 4.90 Å². The van der Waals surface area contributed by atoms with Crippen LogP contribution in [0.1, 0.15) is 11.3 Å². The van der Waals surface area contributed by atoms with Crippen LogP contribution in [0.3, 0.4) is 0 Å². The van der Waals surface area contributed by atoms with Crippen molar-refractivity contribution in [1.29, 1.82) is 0 Å². The molecule has 0 saturated carbocycles. The Labute approximate surface area is 140 Å². The summed E-state index contributed by atoms with van der Waals surface area (Å²) in [7, 11) is 0. The summed E-state index contributed by atoms with van der Waals surface area (Å²) in [5.74, 6) is 0.983. The van der Waals surface area contributed by atoms with Gasteiger partial charge in [-0.05, 0) is 18.7 Å². The molecule has 1 aliphatic heterocycles. The van der Waals surface area contributed by atoms with Gasteiger partial charge in [-0.25, -0.2) is 9.97 Å². The Hall–Kier alpha value is -2.08. The number of rotatable bonds is 4. The second-order valence-electron chi connectivity index (χ2n) is 5.58. The third kappa shape index (κ3) is 3.82. The molecule has 0 atom stereocenters. The molecule has 1 saturated heterocycles. The van der Waals surface area contributed by atoms with Crippen molar-refractivity contribution in [2.24, 2.45) is 0 Å². The van der Waals surface area contributed by atoms with E-state index in [0.29, 0.717) is 19.6 Å². The number of hydrogen-bond acceptors (Lipinski definition) is 5. The van der Waals surface area contributed by atoms with Crippen LogP contribution >= 0.6 is 11.8 Å². The molecule has 1 amide bonds. The lowest BCUT2D eigenvalue weighted by molar-refractivity contribution is -0.131. The van der Waals surface area contributed by atoms with Crippen LogP contribution in [-0.2, 0) is 11.3 Å². The Morgan fingerprint density at radius 3 is 2.65 bits per heavy atom. The van der Waals surface area contributed by atoms with Gasteiger partial charge in [0, 0.05) is 31.4 Å². The predicted molar refractivity (Wildman–Crippen MR) is 92.6 cm³/mol. The SMILES string of the molecule is CSc1nc(C)cc(N2CCN(Cc3ccccc3)C(=O)C2)n1. The first-order valence-corrected chi connectivity index (χ1v) is 8.84. The van der Waals surface area contributed by atoms with Crippen LogP contribution in [0.25, 0.3) is 0 Å². The number of nitrogens with zero attached hydrogens (tertiary/aromatic N) is 4. The smallest absolute Gasteiger partial charge is 0.242 e. The number of amides is 1. The number of carbonyl (C=O) groups excluding carboxylic acids is 1. The summed E-state index contributed by atoms with van der Waals surface area (Å²) in [6, 6.07) is 12.0. The standard InChI is InChI=1S/C17H20N4OS/c1-13-10-15(19-17(18-13)23-2)20-8-9-21(16(22)12-20)11-14-6-4-3-5-7-14/h3-7,10H,8-9,11-12H2,1-2H3. The monoisotopic (exact) mass is 328 g/mol. The molecular weight excluding hydrogens is 308 g/mol. The normalized spacial score (nSPS) is 15.1. The second-order valence-corrected chi connectivity index (χ2v) is 6.35. The minimum atomic E-state index is 0.141. The molecule has 0 spiro atoms. The van der Waals surface area contributed by atoms with Gasteiger partial charge in [0.25, 0.3) is 0 Å². The molecular formula is C17H20N4OS. The topological polar surface area (TPSA) is 49.3 Å². The summed E-state index contributed by atoms with van der Waals surface area (Å²) in [4.78, 5) is 25.3. The van der Waals surface area contributed by atoms with E-state index in [9.17, 15) is 4.79 Å². The number of piperazine rings is 1. The lowest BCUT2D eigenvalue weighted by Crippen LogP contribution is -2.50. The van der Waals surface area contributed by atoms with Crippen molar-refractivity contribution >= 4 is 23.5 Å². The second kappa shape index (κ2) is 7.00. The maximum Gasteiger partial charge on any atom is 0.242 e. The zero-order chi connectivity index (χ0) is 16.2. The Morgan fingerprint density at radius 1 is 1.17 bits per heavy atom. The fourth-order valence-corrected chi connectivity index (χ4v) is 3.07. The van der Waals surface area contributed by atoms with Crippen LogP contribution in [0.15, 0.2) is 41.6 Å². The third-order valence-corrected chi connectivity index (χ3v) is 4.41. The molecule has 0 radical (unpaired) electrons. The molecule has 2 aromatic rings. The van der Waals surface area contributed by atoms with Gasteiger partial charge >= 0.3 is 0 Å². The quantitative estimate of drug-likeness (QED) is 0.637. The molecule has 5 nitrogen and oxygen atoms in total. The van der Waals surface area contributed by atoms with E-state index in [-0.39, 0.29) is 5.91 Å². The van der Waals surface area contributed by atoms with E-state index >= 15 is 0 Å². The maximum absolute atomic E-state index is 12.5. The number of hydrogen-bond donors (Lipinski definition) is 0. The Kier molecular flexibility index (Phi) is 4.81. The molecule has 0 N–H and O–H groups in total. The van der Waals surface area contributed by atoms with Crippen molar-refractivity contribution in [3.05, 3.63) is 47.7 Å². The molecule has 0 aliphatic carbocycles. The first kappa shape index (κ1) is 15.8. The zero-order valence-electron chi connectivity index (χ0n) is 13.4. The van der Waals surface area contributed by atoms with Crippen LogP contribution in [0, 0.1) is 6.92 Å². The van der Waals surface area contributed by atoms with Crippen molar-refractivity contribution in [3.63, 3.8) is 0 Å². The summed E-state index contributed by atoms with van der Waals surface area (Å²) >= 11 is 1.52. The Balaban J connectivity index is 1.69. The van der Waals surface area contributed by atoms with Crippen molar-refractivity contribution in [1.82, 2.24) is 14.9 Å². The number of aromatic nitrogens is 2. The summed E-state index contributed by atoms with van der Waals surface area (Å²) < 4.78 is 0. The lowest BCUT2D eigenvalue weighted by Gasteiger charge is -2.35. The molecule has 2 heterocycles. The molecule has 23 heavy (non-hydrogen) atoms. The van der Waals surface area contributed by atoms with Gasteiger partial charge in [0.15, 0.2) is 5.16 Å². The molecule has 1 fully saturated rings. The number of thioether (sulfide) groups is 1. The van der Waals surface area contributed by atoms with E-state index in [1.54, 1.807) is 0 Å². The minimum absolute atomic E-state index is 0.141. The lowest BCUT2D eigenvalue weighted by atomic mass is 10.2. The highest BCUT2D eigenvalue weighted by Crippen LogP contribution is 2.20. The van der Waals surface area contributed by atoms with Crippen molar-refractivity contribution < 1.29 is 4.79 Å². The van der Waals surface area contributed by atoms with Crippen molar-refractivity contribution in [2.75, 3.05) is 30.8 Å². The van der Waals surface area contributed by atoms with E-state index in [4.69, 9.17) is 0 Å². The molecule has 0 bridgehead atoms. The van der Waals surface area contributed by atoms with Gasteiger partial charge in [-0.1, -0.05) is 42.1 Å². The van der Waals surface area contributed by atoms with E-state index in [1.807, 2.05) is 47.2 Å². The number of aryl methyl sites for hydroxylation is 1. The van der Waals surface area contributed by atoms with Gasteiger partial charge in [0.2, 0.25) is 5.91 Å². The van der Waals surface area contributed by atoms with Gasteiger partial charge in [-0.3, -0.25) is 4.79 Å². The molecule has 6 heteroatoms. The minimum Gasteiger partial charge on any atom is -0.345 e. The summed E-state index contributed by atoms with van der Waals surface area (Å²) in [5.41, 5.74) is 2.09. The first-order chi connectivity index (χ1) is 11.2.